The smallest absolute Gasteiger partial charge is 0.322 e. The molecule has 1 heterocycles. The van der Waals surface area contributed by atoms with E-state index in [9.17, 15) is 17.6 Å². The average Bonchev–Trinajstić information content (AvgIpc) is 2.53. The number of hydrogen-bond acceptors (Lipinski definition) is 3. The molecule has 1 saturated heterocycles. The van der Waals surface area contributed by atoms with Crippen LogP contribution in [0.2, 0.25) is 0 Å². The molecule has 0 aliphatic carbocycles. The number of aliphatic carboxylic acids is 1. The molecule has 1 aliphatic rings. The first kappa shape index (κ1) is 18.8. The summed E-state index contributed by atoms with van der Waals surface area (Å²) in [5, 5.41) is 9.14. The number of piperidine rings is 1. The van der Waals surface area contributed by atoms with Gasteiger partial charge in [-0.05, 0) is 42.4 Å². The van der Waals surface area contributed by atoms with E-state index in [0.29, 0.717) is 25.9 Å². The minimum atomic E-state index is -3.84. The van der Waals surface area contributed by atoms with Crippen LogP contribution < -0.4 is 4.72 Å². The molecule has 1 aromatic rings. The van der Waals surface area contributed by atoms with Crippen molar-refractivity contribution in [1.29, 1.82) is 0 Å². The number of halogens is 1. The van der Waals surface area contributed by atoms with Gasteiger partial charge in [0.05, 0.1) is 0 Å². The molecule has 0 radical (unpaired) electrons. The van der Waals surface area contributed by atoms with Gasteiger partial charge in [0.15, 0.2) is 0 Å². The Morgan fingerprint density at radius 1 is 1.25 bits per heavy atom. The van der Waals surface area contributed by atoms with Crippen LogP contribution in [-0.4, -0.2) is 42.9 Å². The predicted octanol–water partition coefficient (Wildman–Crippen LogP) is 1.95. The van der Waals surface area contributed by atoms with E-state index >= 15 is 0 Å². The van der Waals surface area contributed by atoms with E-state index in [1.54, 1.807) is 26.0 Å². The molecule has 1 aromatic carbocycles. The Hall–Kier alpha value is -1.51. The standard InChI is InChI=1S/C16H23FN2O4S/c1-11(2)15(16(20)21)18-24(22,23)19-9-7-13(8-10-19)12-3-5-14(17)6-4-12/h3-6,11,13,15,18H,7-10H2,1-2H3,(H,20,21). The predicted molar refractivity (Wildman–Crippen MR) is 88.3 cm³/mol. The van der Waals surface area contributed by atoms with Crippen LogP contribution in [0.1, 0.15) is 38.2 Å². The summed E-state index contributed by atoms with van der Waals surface area (Å²) in [6.45, 7) is 3.92. The Morgan fingerprint density at radius 2 is 1.79 bits per heavy atom. The number of carboxylic acids is 1. The molecule has 0 aromatic heterocycles. The van der Waals surface area contributed by atoms with E-state index in [1.165, 1.54) is 16.4 Å². The fourth-order valence-electron chi connectivity index (χ4n) is 2.87. The van der Waals surface area contributed by atoms with Crippen molar-refractivity contribution in [3.63, 3.8) is 0 Å². The fraction of sp³-hybridized carbons (Fsp3) is 0.562. The number of rotatable bonds is 6. The summed E-state index contributed by atoms with van der Waals surface area (Å²) in [4.78, 5) is 11.2. The van der Waals surface area contributed by atoms with Crippen LogP contribution in [0.25, 0.3) is 0 Å². The molecule has 1 unspecified atom stereocenters. The normalized spacial score (nSPS) is 18.7. The summed E-state index contributed by atoms with van der Waals surface area (Å²) in [5.74, 6) is -1.66. The monoisotopic (exact) mass is 358 g/mol. The maximum Gasteiger partial charge on any atom is 0.322 e. The van der Waals surface area contributed by atoms with E-state index in [1.807, 2.05) is 0 Å². The first-order valence-corrected chi connectivity index (χ1v) is 9.40. The van der Waals surface area contributed by atoms with E-state index in [-0.39, 0.29) is 17.7 Å². The molecule has 2 N–H and O–H groups in total. The average molecular weight is 358 g/mol. The van der Waals surface area contributed by atoms with Crippen LogP contribution in [0.4, 0.5) is 4.39 Å². The van der Waals surface area contributed by atoms with Crippen molar-refractivity contribution >= 4 is 16.2 Å². The molecule has 1 aliphatic heterocycles. The SMILES string of the molecule is CC(C)C(NS(=O)(=O)N1CCC(c2ccc(F)cc2)CC1)C(=O)O. The lowest BCUT2D eigenvalue weighted by Gasteiger charge is -2.32. The maximum absolute atomic E-state index is 13.0. The topological polar surface area (TPSA) is 86.7 Å². The number of nitrogens with one attached hydrogen (secondary N) is 1. The lowest BCUT2D eigenvalue weighted by Crippen LogP contribution is -2.52. The van der Waals surface area contributed by atoms with Gasteiger partial charge in [0, 0.05) is 13.1 Å². The largest absolute Gasteiger partial charge is 0.480 e. The van der Waals surface area contributed by atoms with Gasteiger partial charge in [-0.1, -0.05) is 26.0 Å². The molecule has 6 nitrogen and oxygen atoms in total. The Balaban J connectivity index is 2.00. The lowest BCUT2D eigenvalue weighted by atomic mass is 9.90. The minimum Gasteiger partial charge on any atom is -0.480 e. The van der Waals surface area contributed by atoms with Crippen LogP contribution in [0, 0.1) is 11.7 Å². The van der Waals surface area contributed by atoms with E-state index < -0.39 is 22.2 Å². The molecule has 0 bridgehead atoms. The van der Waals surface area contributed by atoms with Crippen LogP contribution in [0.3, 0.4) is 0 Å². The highest BCUT2D eigenvalue weighted by molar-refractivity contribution is 7.87. The number of benzene rings is 1. The number of hydrogen-bond donors (Lipinski definition) is 2. The molecule has 1 atom stereocenters. The zero-order valence-electron chi connectivity index (χ0n) is 13.8. The molecule has 0 saturated carbocycles. The summed E-state index contributed by atoms with van der Waals surface area (Å²) in [6, 6.07) is 5.11. The van der Waals surface area contributed by atoms with E-state index in [4.69, 9.17) is 5.11 Å². The highest BCUT2D eigenvalue weighted by Gasteiger charge is 2.33. The highest BCUT2D eigenvalue weighted by atomic mass is 32.2. The van der Waals surface area contributed by atoms with Crippen molar-refractivity contribution in [3.8, 4) is 0 Å². The van der Waals surface area contributed by atoms with Crippen molar-refractivity contribution in [3.05, 3.63) is 35.6 Å². The van der Waals surface area contributed by atoms with Crippen molar-refractivity contribution in [2.45, 2.75) is 38.6 Å². The number of nitrogens with zero attached hydrogens (tertiary/aromatic N) is 1. The van der Waals surface area contributed by atoms with Crippen molar-refractivity contribution in [1.82, 2.24) is 9.03 Å². The molecule has 8 heteroatoms. The Bertz CT molecular complexity index is 668. The molecule has 134 valence electrons. The molecule has 1 fully saturated rings. The summed E-state index contributed by atoms with van der Waals surface area (Å²) in [7, 11) is -3.84. The van der Waals surface area contributed by atoms with Gasteiger partial charge < -0.3 is 5.11 Å². The Kier molecular flexibility index (Phi) is 5.95. The first-order valence-electron chi connectivity index (χ1n) is 7.96. The van der Waals surface area contributed by atoms with Gasteiger partial charge in [0.1, 0.15) is 11.9 Å². The third-order valence-corrected chi connectivity index (χ3v) is 5.94. The summed E-state index contributed by atoms with van der Waals surface area (Å²) >= 11 is 0. The summed E-state index contributed by atoms with van der Waals surface area (Å²) < 4.78 is 41.3. The second-order valence-corrected chi connectivity index (χ2v) is 8.11. The van der Waals surface area contributed by atoms with Gasteiger partial charge in [0.25, 0.3) is 10.2 Å². The van der Waals surface area contributed by atoms with Gasteiger partial charge in [-0.3, -0.25) is 4.79 Å². The Morgan fingerprint density at radius 3 is 2.25 bits per heavy atom. The molecular weight excluding hydrogens is 335 g/mol. The van der Waals surface area contributed by atoms with E-state index in [2.05, 4.69) is 4.72 Å². The highest BCUT2D eigenvalue weighted by Crippen LogP contribution is 2.29. The van der Waals surface area contributed by atoms with Crippen molar-refractivity contribution < 1.29 is 22.7 Å². The second kappa shape index (κ2) is 7.58. The fourth-order valence-corrected chi connectivity index (χ4v) is 4.41. The first-order chi connectivity index (χ1) is 11.2. The van der Waals surface area contributed by atoms with Gasteiger partial charge in [-0.2, -0.15) is 17.4 Å². The Labute approximate surface area is 141 Å². The zero-order chi connectivity index (χ0) is 17.9. The third-order valence-electron chi connectivity index (χ3n) is 4.34. The van der Waals surface area contributed by atoms with Crippen molar-refractivity contribution in [2.24, 2.45) is 5.92 Å². The quantitative estimate of drug-likeness (QED) is 0.814. The molecule has 24 heavy (non-hydrogen) atoms. The van der Waals surface area contributed by atoms with Gasteiger partial charge >= 0.3 is 5.97 Å². The number of carbonyl (C=O) groups is 1. The number of carboxylic acid groups (broad SMARTS) is 1. The molecule has 0 amide bonds. The zero-order valence-corrected chi connectivity index (χ0v) is 14.6. The van der Waals surface area contributed by atoms with Crippen LogP contribution in [0.15, 0.2) is 24.3 Å². The maximum atomic E-state index is 13.0. The van der Waals surface area contributed by atoms with Crippen LogP contribution in [0.5, 0.6) is 0 Å². The third kappa shape index (κ3) is 4.52. The van der Waals surface area contributed by atoms with Crippen LogP contribution >= 0.6 is 0 Å². The summed E-state index contributed by atoms with van der Waals surface area (Å²) in [6.07, 6.45) is 1.23. The molecular formula is C16H23FN2O4S. The lowest BCUT2D eigenvalue weighted by molar-refractivity contribution is -0.140. The van der Waals surface area contributed by atoms with Crippen molar-refractivity contribution in [2.75, 3.05) is 13.1 Å². The van der Waals surface area contributed by atoms with E-state index in [0.717, 1.165) is 5.56 Å². The van der Waals surface area contributed by atoms with Gasteiger partial charge in [0.2, 0.25) is 0 Å². The molecule has 0 spiro atoms. The van der Waals surface area contributed by atoms with Gasteiger partial charge in [-0.25, -0.2) is 4.39 Å². The minimum absolute atomic E-state index is 0.178. The second-order valence-electron chi connectivity index (χ2n) is 6.41. The van der Waals surface area contributed by atoms with Crippen LogP contribution in [-0.2, 0) is 15.0 Å². The molecule has 2 rings (SSSR count). The van der Waals surface area contributed by atoms with Gasteiger partial charge in [-0.15, -0.1) is 0 Å². The summed E-state index contributed by atoms with van der Waals surface area (Å²) in [5.41, 5.74) is 0.993.